The maximum absolute atomic E-state index is 11.5. The Balaban J connectivity index is 2.06. The van der Waals surface area contributed by atoms with E-state index in [1.165, 1.54) is 11.3 Å². The van der Waals surface area contributed by atoms with Gasteiger partial charge in [-0.1, -0.05) is 13.8 Å². The molecule has 2 aromatic rings. The summed E-state index contributed by atoms with van der Waals surface area (Å²) in [6.45, 7) is 8.44. The summed E-state index contributed by atoms with van der Waals surface area (Å²) in [7, 11) is 1.69. The van der Waals surface area contributed by atoms with Crippen molar-refractivity contribution in [2.45, 2.75) is 40.0 Å². The number of methoxy groups -OCH3 is 1. The van der Waals surface area contributed by atoms with Crippen LogP contribution in [0.3, 0.4) is 0 Å². The molecule has 0 saturated heterocycles. The first-order chi connectivity index (χ1) is 12.4. The molecule has 0 aliphatic rings. The second-order valence-electron chi connectivity index (χ2n) is 6.10. The molecule has 0 atom stereocenters. The van der Waals surface area contributed by atoms with Crippen LogP contribution in [0, 0.1) is 6.92 Å². The minimum absolute atomic E-state index is 0.172. The van der Waals surface area contributed by atoms with Crippen LogP contribution in [0.1, 0.15) is 49.1 Å². The van der Waals surface area contributed by atoms with Gasteiger partial charge in [-0.25, -0.2) is 4.98 Å². The van der Waals surface area contributed by atoms with Crippen LogP contribution in [0.15, 0.2) is 22.6 Å². The van der Waals surface area contributed by atoms with Crippen LogP contribution in [-0.4, -0.2) is 30.9 Å². The molecule has 1 heterocycles. The van der Waals surface area contributed by atoms with Gasteiger partial charge < -0.3 is 9.47 Å². The van der Waals surface area contributed by atoms with Gasteiger partial charge in [-0.15, -0.1) is 11.3 Å². The van der Waals surface area contributed by atoms with Crippen molar-refractivity contribution < 1.29 is 14.3 Å². The minimum Gasteiger partial charge on any atom is -0.496 e. The first kappa shape index (κ1) is 19.9. The van der Waals surface area contributed by atoms with Crippen molar-refractivity contribution in [2.75, 3.05) is 19.1 Å². The summed E-state index contributed by atoms with van der Waals surface area (Å²) in [5.41, 5.74) is 6.84. The van der Waals surface area contributed by atoms with Gasteiger partial charge in [0.15, 0.2) is 0 Å². The average molecular weight is 375 g/mol. The standard InChI is InChI=1S/C19H25N3O3S/c1-6-25-18(23)9-15-11-26-19(21-15)22-20-10-14-8-16(12(2)3)17(24-5)7-13(14)4/h7-8,10-12H,6,9H2,1-5H3,(H,21,22). The molecule has 0 aliphatic heterocycles. The number of nitrogens with zero attached hydrogens (tertiary/aromatic N) is 2. The van der Waals surface area contributed by atoms with Gasteiger partial charge in [-0.05, 0) is 48.6 Å². The number of thiazole rings is 1. The number of ether oxygens (including phenoxy) is 2. The van der Waals surface area contributed by atoms with E-state index >= 15 is 0 Å². The lowest BCUT2D eigenvalue weighted by atomic mass is 9.97. The van der Waals surface area contributed by atoms with Crippen LogP contribution in [-0.2, 0) is 16.0 Å². The third kappa shape index (κ3) is 5.29. The highest BCUT2D eigenvalue weighted by molar-refractivity contribution is 7.13. The highest BCUT2D eigenvalue weighted by Gasteiger charge is 2.11. The molecule has 140 valence electrons. The van der Waals surface area contributed by atoms with E-state index in [1.54, 1.807) is 20.2 Å². The van der Waals surface area contributed by atoms with Gasteiger partial charge in [-0.2, -0.15) is 5.10 Å². The first-order valence-corrected chi connectivity index (χ1v) is 9.40. The Bertz CT molecular complexity index is 784. The number of hydrogen-bond donors (Lipinski definition) is 1. The fraction of sp³-hybridized carbons (Fsp3) is 0.421. The topological polar surface area (TPSA) is 72.8 Å². The zero-order valence-electron chi connectivity index (χ0n) is 15.8. The number of esters is 1. The van der Waals surface area contributed by atoms with Crippen molar-refractivity contribution in [1.82, 2.24) is 4.98 Å². The Morgan fingerprint density at radius 1 is 1.42 bits per heavy atom. The zero-order valence-corrected chi connectivity index (χ0v) is 16.6. The average Bonchev–Trinajstić information content (AvgIpc) is 3.03. The molecule has 0 fully saturated rings. The van der Waals surface area contributed by atoms with Gasteiger partial charge in [0.2, 0.25) is 5.13 Å². The molecule has 7 heteroatoms. The summed E-state index contributed by atoms with van der Waals surface area (Å²) in [6.07, 6.45) is 1.94. The third-order valence-electron chi connectivity index (χ3n) is 3.79. The zero-order chi connectivity index (χ0) is 19.1. The van der Waals surface area contributed by atoms with Crippen LogP contribution in [0.4, 0.5) is 5.13 Å². The van der Waals surface area contributed by atoms with Gasteiger partial charge in [0.05, 0.1) is 32.0 Å². The lowest BCUT2D eigenvalue weighted by Crippen LogP contribution is -2.07. The number of aromatic nitrogens is 1. The Hall–Kier alpha value is -2.41. The Labute approximate surface area is 158 Å². The molecular weight excluding hydrogens is 350 g/mol. The van der Waals surface area contributed by atoms with E-state index in [9.17, 15) is 4.79 Å². The van der Waals surface area contributed by atoms with Crippen molar-refractivity contribution in [3.05, 3.63) is 39.9 Å². The molecule has 0 aliphatic carbocycles. The largest absolute Gasteiger partial charge is 0.496 e. The summed E-state index contributed by atoms with van der Waals surface area (Å²) in [5.74, 6) is 0.976. The molecule has 1 N–H and O–H groups in total. The number of anilines is 1. The molecule has 2 rings (SSSR count). The molecule has 0 spiro atoms. The second kappa shape index (κ2) is 9.33. The van der Waals surface area contributed by atoms with Crippen molar-refractivity contribution in [2.24, 2.45) is 5.10 Å². The normalized spacial score (nSPS) is 11.2. The summed E-state index contributed by atoms with van der Waals surface area (Å²) >= 11 is 1.40. The Morgan fingerprint density at radius 3 is 2.85 bits per heavy atom. The first-order valence-electron chi connectivity index (χ1n) is 8.52. The summed E-state index contributed by atoms with van der Waals surface area (Å²) < 4.78 is 10.4. The number of carbonyl (C=O) groups excluding carboxylic acids is 1. The molecule has 6 nitrogen and oxygen atoms in total. The van der Waals surface area contributed by atoms with E-state index in [4.69, 9.17) is 9.47 Å². The molecular formula is C19H25N3O3S. The van der Waals surface area contributed by atoms with Crippen molar-refractivity contribution in [3.8, 4) is 5.75 Å². The molecule has 26 heavy (non-hydrogen) atoms. The van der Waals surface area contributed by atoms with Crippen LogP contribution < -0.4 is 10.2 Å². The van der Waals surface area contributed by atoms with Crippen LogP contribution in [0.2, 0.25) is 0 Å². The number of benzene rings is 1. The van der Waals surface area contributed by atoms with Crippen LogP contribution >= 0.6 is 11.3 Å². The lowest BCUT2D eigenvalue weighted by Gasteiger charge is -2.14. The molecule has 1 aromatic carbocycles. The number of aryl methyl sites for hydroxylation is 1. The third-order valence-corrected chi connectivity index (χ3v) is 4.58. The van der Waals surface area contributed by atoms with Gasteiger partial charge in [0.25, 0.3) is 0 Å². The Morgan fingerprint density at radius 2 is 2.19 bits per heavy atom. The predicted octanol–water partition coefficient (Wildman–Crippen LogP) is 4.14. The summed E-state index contributed by atoms with van der Waals surface area (Å²) in [6, 6.07) is 4.12. The van der Waals surface area contributed by atoms with Gasteiger partial charge in [0.1, 0.15) is 5.75 Å². The van der Waals surface area contributed by atoms with Crippen molar-refractivity contribution in [3.63, 3.8) is 0 Å². The maximum atomic E-state index is 11.5. The fourth-order valence-electron chi connectivity index (χ4n) is 2.44. The van der Waals surface area contributed by atoms with Crippen LogP contribution in [0.5, 0.6) is 5.75 Å². The lowest BCUT2D eigenvalue weighted by molar-refractivity contribution is -0.142. The predicted molar refractivity (Wildman–Crippen MR) is 105 cm³/mol. The fourth-order valence-corrected chi connectivity index (χ4v) is 3.10. The smallest absolute Gasteiger partial charge is 0.311 e. The Kier molecular flexibility index (Phi) is 7.15. The molecule has 0 radical (unpaired) electrons. The maximum Gasteiger partial charge on any atom is 0.311 e. The van der Waals surface area contributed by atoms with E-state index in [0.717, 1.165) is 22.4 Å². The van der Waals surface area contributed by atoms with Gasteiger partial charge in [0, 0.05) is 5.38 Å². The molecule has 0 unspecified atom stereocenters. The SMILES string of the molecule is CCOC(=O)Cc1csc(NN=Cc2cc(C(C)C)c(OC)cc2C)n1. The molecule has 1 aromatic heterocycles. The number of hydrogen-bond acceptors (Lipinski definition) is 7. The van der Waals surface area contributed by atoms with E-state index in [-0.39, 0.29) is 12.4 Å². The van der Waals surface area contributed by atoms with E-state index in [1.807, 2.05) is 18.4 Å². The summed E-state index contributed by atoms with van der Waals surface area (Å²) in [4.78, 5) is 15.8. The van der Waals surface area contributed by atoms with E-state index < -0.39 is 0 Å². The van der Waals surface area contributed by atoms with E-state index in [2.05, 4.69) is 35.4 Å². The minimum atomic E-state index is -0.275. The van der Waals surface area contributed by atoms with Gasteiger partial charge in [-0.3, -0.25) is 10.2 Å². The van der Waals surface area contributed by atoms with Crippen LogP contribution in [0.25, 0.3) is 0 Å². The quantitative estimate of drug-likeness (QED) is 0.426. The van der Waals surface area contributed by atoms with E-state index in [0.29, 0.717) is 23.4 Å². The number of nitrogens with one attached hydrogen (secondary N) is 1. The second-order valence-corrected chi connectivity index (χ2v) is 6.96. The highest BCUT2D eigenvalue weighted by Crippen LogP contribution is 2.29. The van der Waals surface area contributed by atoms with Crippen molar-refractivity contribution in [1.29, 1.82) is 0 Å². The number of carbonyl (C=O) groups is 1. The molecule has 0 amide bonds. The molecule has 0 bridgehead atoms. The number of rotatable bonds is 8. The monoisotopic (exact) mass is 375 g/mol. The molecule has 0 saturated carbocycles. The highest BCUT2D eigenvalue weighted by atomic mass is 32.1. The number of hydrazone groups is 1. The van der Waals surface area contributed by atoms with Gasteiger partial charge >= 0.3 is 5.97 Å². The van der Waals surface area contributed by atoms with Crippen molar-refractivity contribution >= 4 is 28.7 Å². The summed E-state index contributed by atoms with van der Waals surface area (Å²) in [5, 5.41) is 6.73.